The summed E-state index contributed by atoms with van der Waals surface area (Å²) in [4.78, 5) is 25.7. The summed E-state index contributed by atoms with van der Waals surface area (Å²) in [5, 5.41) is 2.68. The van der Waals surface area contributed by atoms with E-state index >= 15 is 0 Å². The summed E-state index contributed by atoms with van der Waals surface area (Å²) in [5.74, 6) is -1.42. The molecule has 0 fully saturated rings. The summed E-state index contributed by atoms with van der Waals surface area (Å²) in [6.07, 6.45) is -0.0915. The van der Waals surface area contributed by atoms with Gasteiger partial charge in [-0.25, -0.2) is 8.78 Å². The van der Waals surface area contributed by atoms with Gasteiger partial charge in [0.1, 0.15) is 11.6 Å². The van der Waals surface area contributed by atoms with Crippen LogP contribution in [-0.4, -0.2) is 29.8 Å². The van der Waals surface area contributed by atoms with Crippen molar-refractivity contribution >= 4 is 11.8 Å². The fraction of sp³-hybridized carbons (Fsp3) is 0.263. The summed E-state index contributed by atoms with van der Waals surface area (Å²) >= 11 is 0. The molecule has 0 saturated carbocycles. The smallest absolute Gasteiger partial charge is 0.239 e. The number of hydrogen-bond donors (Lipinski definition) is 1. The number of amides is 2. The molecule has 2 amide bonds. The SMILES string of the molecule is CCN(CC(=O)NCc1ccc(F)cc1)C(=O)Cc1ccccc1F. The maximum absolute atomic E-state index is 13.6. The molecule has 2 rings (SSSR count). The van der Waals surface area contributed by atoms with Crippen LogP contribution in [0.5, 0.6) is 0 Å². The zero-order valence-corrected chi connectivity index (χ0v) is 14.0. The van der Waals surface area contributed by atoms with Crippen LogP contribution in [-0.2, 0) is 22.6 Å². The molecule has 132 valence electrons. The van der Waals surface area contributed by atoms with Crippen LogP contribution in [0.15, 0.2) is 48.5 Å². The van der Waals surface area contributed by atoms with Crippen LogP contribution in [0.3, 0.4) is 0 Å². The van der Waals surface area contributed by atoms with Crippen molar-refractivity contribution in [1.82, 2.24) is 10.2 Å². The van der Waals surface area contributed by atoms with Crippen molar-refractivity contribution in [3.05, 3.63) is 71.3 Å². The number of benzene rings is 2. The van der Waals surface area contributed by atoms with E-state index in [-0.39, 0.29) is 37.1 Å². The van der Waals surface area contributed by atoms with Gasteiger partial charge >= 0.3 is 0 Å². The van der Waals surface area contributed by atoms with E-state index in [1.165, 1.54) is 23.1 Å². The van der Waals surface area contributed by atoms with Gasteiger partial charge in [-0.2, -0.15) is 0 Å². The van der Waals surface area contributed by atoms with E-state index in [9.17, 15) is 18.4 Å². The van der Waals surface area contributed by atoms with Crippen LogP contribution >= 0.6 is 0 Å². The van der Waals surface area contributed by atoms with Crippen molar-refractivity contribution < 1.29 is 18.4 Å². The maximum atomic E-state index is 13.6. The second-order valence-corrected chi connectivity index (χ2v) is 5.58. The van der Waals surface area contributed by atoms with E-state index in [1.54, 1.807) is 37.3 Å². The van der Waals surface area contributed by atoms with Crippen LogP contribution in [0, 0.1) is 11.6 Å². The van der Waals surface area contributed by atoms with Crippen molar-refractivity contribution in [2.45, 2.75) is 19.9 Å². The van der Waals surface area contributed by atoms with E-state index in [0.29, 0.717) is 12.1 Å². The third kappa shape index (κ3) is 5.67. The number of halogens is 2. The first-order chi connectivity index (χ1) is 12.0. The molecule has 0 unspecified atom stereocenters. The van der Waals surface area contributed by atoms with Crippen molar-refractivity contribution in [2.75, 3.05) is 13.1 Å². The minimum absolute atomic E-state index is 0.0915. The summed E-state index contributed by atoms with van der Waals surface area (Å²) in [7, 11) is 0. The highest BCUT2D eigenvalue weighted by Crippen LogP contribution is 2.09. The Morgan fingerprint density at radius 2 is 1.72 bits per heavy atom. The number of nitrogens with zero attached hydrogens (tertiary/aromatic N) is 1. The second-order valence-electron chi connectivity index (χ2n) is 5.58. The van der Waals surface area contributed by atoms with Crippen LogP contribution in [0.4, 0.5) is 8.78 Å². The van der Waals surface area contributed by atoms with Crippen LogP contribution in [0.2, 0.25) is 0 Å². The topological polar surface area (TPSA) is 49.4 Å². The van der Waals surface area contributed by atoms with Gasteiger partial charge in [-0.3, -0.25) is 9.59 Å². The summed E-state index contributed by atoms with van der Waals surface area (Å²) in [6, 6.07) is 11.9. The highest BCUT2D eigenvalue weighted by Gasteiger charge is 2.17. The fourth-order valence-electron chi connectivity index (χ4n) is 2.32. The van der Waals surface area contributed by atoms with E-state index in [4.69, 9.17) is 0 Å². The number of likely N-dealkylation sites (N-methyl/N-ethyl adjacent to an activating group) is 1. The molecule has 4 nitrogen and oxygen atoms in total. The molecule has 25 heavy (non-hydrogen) atoms. The van der Waals surface area contributed by atoms with E-state index in [0.717, 1.165) is 5.56 Å². The number of carbonyl (C=O) groups is 2. The average molecular weight is 346 g/mol. The van der Waals surface area contributed by atoms with Gasteiger partial charge in [-0.15, -0.1) is 0 Å². The molecule has 0 aliphatic rings. The first-order valence-electron chi connectivity index (χ1n) is 8.02. The Bertz CT molecular complexity index is 732. The molecule has 0 saturated heterocycles. The minimum Gasteiger partial charge on any atom is -0.350 e. The lowest BCUT2D eigenvalue weighted by Crippen LogP contribution is -2.41. The molecule has 0 aromatic heterocycles. The lowest BCUT2D eigenvalue weighted by Gasteiger charge is -2.20. The summed E-state index contributed by atoms with van der Waals surface area (Å²) < 4.78 is 26.5. The molecule has 1 N–H and O–H groups in total. The van der Waals surface area contributed by atoms with Gasteiger partial charge in [0.15, 0.2) is 0 Å². The van der Waals surface area contributed by atoms with Gasteiger partial charge in [0.2, 0.25) is 11.8 Å². The van der Waals surface area contributed by atoms with Gasteiger partial charge in [0.05, 0.1) is 13.0 Å². The van der Waals surface area contributed by atoms with Crippen molar-refractivity contribution in [3.63, 3.8) is 0 Å². The quantitative estimate of drug-likeness (QED) is 0.838. The average Bonchev–Trinajstić information content (AvgIpc) is 2.61. The molecule has 0 aliphatic heterocycles. The highest BCUT2D eigenvalue weighted by molar-refractivity contribution is 5.85. The molecular formula is C19H20F2N2O2. The maximum Gasteiger partial charge on any atom is 0.239 e. The first-order valence-corrected chi connectivity index (χ1v) is 8.02. The lowest BCUT2D eigenvalue weighted by atomic mass is 10.1. The third-order valence-corrected chi connectivity index (χ3v) is 3.77. The normalized spacial score (nSPS) is 10.4. The predicted octanol–water partition coefficient (Wildman–Crippen LogP) is 2.67. The van der Waals surface area contributed by atoms with E-state index in [2.05, 4.69) is 5.32 Å². The first kappa shape index (κ1) is 18.6. The van der Waals surface area contributed by atoms with Gasteiger partial charge in [-0.1, -0.05) is 30.3 Å². The number of hydrogen-bond acceptors (Lipinski definition) is 2. The van der Waals surface area contributed by atoms with Crippen molar-refractivity contribution in [2.24, 2.45) is 0 Å². The molecule has 0 heterocycles. The van der Waals surface area contributed by atoms with Crippen LogP contribution < -0.4 is 5.32 Å². The fourth-order valence-corrected chi connectivity index (χ4v) is 2.32. The zero-order valence-electron chi connectivity index (χ0n) is 14.0. The van der Waals surface area contributed by atoms with Crippen molar-refractivity contribution in [1.29, 1.82) is 0 Å². The van der Waals surface area contributed by atoms with Crippen LogP contribution in [0.1, 0.15) is 18.1 Å². The van der Waals surface area contributed by atoms with Crippen molar-refractivity contribution in [3.8, 4) is 0 Å². The van der Waals surface area contributed by atoms with Gasteiger partial charge in [0, 0.05) is 13.1 Å². The summed E-state index contributed by atoms with van der Waals surface area (Å²) in [6.45, 7) is 2.24. The highest BCUT2D eigenvalue weighted by atomic mass is 19.1. The second kappa shape index (κ2) is 8.92. The standard InChI is InChI=1S/C19H20F2N2O2/c1-2-23(19(25)11-15-5-3-4-6-17(15)21)13-18(24)22-12-14-7-9-16(20)10-8-14/h3-10H,2,11-13H2,1H3,(H,22,24). The van der Waals surface area contributed by atoms with E-state index < -0.39 is 5.82 Å². The molecular weight excluding hydrogens is 326 g/mol. The molecule has 0 spiro atoms. The zero-order chi connectivity index (χ0) is 18.2. The molecule has 0 bridgehead atoms. The number of carbonyl (C=O) groups excluding carboxylic acids is 2. The van der Waals surface area contributed by atoms with Gasteiger partial charge in [0.25, 0.3) is 0 Å². The number of rotatable bonds is 7. The molecule has 2 aromatic carbocycles. The number of nitrogens with one attached hydrogen (secondary N) is 1. The Morgan fingerprint density at radius 3 is 2.36 bits per heavy atom. The molecule has 6 heteroatoms. The lowest BCUT2D eigenvalue weighted by molar-refractivity contribution is -0.135. The van der Waals surface area contributed by atoms with Crippen LogP contribution in [0.25, 0.3) is 0 Å². The minimum atomic E-state index is -0.437. The van der Waals surface area contributed by atoms with Gasteiger partial charge in [-0.05, 0) is 36.2 Å². The molecule has 0 radical (unpaired) electrons. The molecule has 0 atom stereocenters. The monoisotopic (exact) mass is 346 g/mol. The largest absolute Gasteiger partial charge is 0.350 e. The Morgan fingerprint density at radius 1 is 1.04 bits per heavy atom. The Balaban J connectivity index is 1.87. The Kier molecular flexibility index (Phi) is 6.62. The Hall–Kier alpha value is -2.76. The predicted molar refractivity (Wildman–Crippen MR) is 90.6 cm³/mol. The van der Waals surface area contributed by atoms with E-state index in [1.807, 2.05) is 0 Å². The molecule has 0 aliphatic carbocycles. The summed E-state index contributed by atoms with van der Waals surface area (Å²) in [5.41, 5.74) is 1.06. The Labute approximate surface area is 145 Å². The molecule has 2 aromatic rings. The third-order valence-electron chi connectivity index (χ3n) is 3.77. The van der Waals surface area contributed by atoms with Gasteiger partial charge < -0.3 is 10.2 Å².